The van der Waals surface area contributed by atoms with E-state index in [9.17, 15) is 9.59 Å². The van der Waals surface area contributed by atoms with Gasteiger partial charge in [0.15, 0.2) is 0 Å². The quantitative estimate of drug-likeness (QED) is 0.831. The summed E-state index contributed by atoms with van der Waals surface area (Å²) in [5, 5.41) is 3.01. The maximum atomic E-state index is 11.8. The molecule has 5 nitrogen and oxygen atoms in total. The van der Waals surface area contributed by atoms with Crippen LogP contribution >= 0.6 is 0 Å². The molecule has 0 fully saturated rings. The van der Waals surface area contributed by atoms with Crippen LogP contribution in [0.2, 0.25) is 0 Å². The van der Waals surface area contributed by atoms with Gasteiger partial charge in [0.05, 0.1) is 12.7 Å². The van der Waals surface area contributed by atoms with Crippen molar-refractivity contribution in [3.05, 3.63) is 65.2 Å². The summed E-state index contributed by atoms with van der Waals surface area (Å²) >= 11 is 0. The summed E-state index contributed by atoms with van der Waals surface area (Å²) in [7, 11) is 1.34. The lowest BCUT2D eigenvalue weighted by atomic mass is 10.1. The van der Waals surface area contributed by atoms with Crippen molar-refractivity contribution in [1.82, 2.24) is 0 Å². The Morgan fingerprint density at radius 1 is 1.09 bits per heavy atom. The Hall–Kier alpha value is -2.82. The number of anilines is 1. The van der Waals surface area contributed by atoms with Crippen molar-refractivity contribution in [3.63, 3.8) is 0 Å². The molecule has 0 saturated carbocycles. The maximum absolute atomic E-state index is 11.8. The number of ether oxygens (including phenoxy) is 2. The van der Waals surface area contributed by atoms with Gasteiger partial charge in [-0.1, -0.05) is 30.3 Å². The standard InChI is InChI=1S/C18H19NO4/c1-13-10-15(18(21)22-2)8-9-16(13)19-11-17(20)23-12-14-6-4-3-5-7-14/h3-10,19H,11-12H2,1-2H3. The summed E-state index contributed by atoms with van der Waals surface area (Å²) < 4.78 is 9.86. The molecule has 0 aliphatic rings. The van der Waals surface area contributed by atoms with E-state index >= 15 is 0 Å². The summed E-state index contributed by atoms with van der Waals surface area (Å²) in [6.07, 6.45) is 0. The number of carbonyl (C=O) groups is 2. The second-order valence-corrected chi connectivity index (χ2v) is 5.02. The van der Waals surface area contributed by atoms with Gasteiger partial charge in [-0.25, -0.2) is 4.79 Å². The summed E-state index contributed by atoms with van der Waals surface area (Å²) in [5.41, 5.74) is 3.04. The minimum atomic E-state index is -0.387. The van der Waals surface area contributed by atoms with E-state index in [1.54, 1.807) is 18.2 Å². The molecule has 0 saturated heterocycles. The molecule has 23 heavy (non-hydrogen) atoms. The zero-order valence-electron chi connectivity index (χ0n) is 13.2. The van der Waals surface area contributed by atoms with E-state index < -0.39 is 0 Å². The van der Waals surface area contributed by atoms with Gasteiger partial charge < -0.3 is 14.8 Å². The van der Waals surface area contributed by atoms with Gasteiger partial charge in [-0.05, 0) is 36.2 Å². The third-order valence-corrected chi connectivity index (χ3v) is 3.31. The molecule has 0 bridgehead atoms. The van der Waals surface area contributed by atoms with Crippen molar-refractivity contribution < 1.29 is 19.1 Å². The van der Waals surface area contributed by atoms with Crippen molar-refractivity contribution in [3.8, 4) is 0 Å². The van der Waals surface area contributed by atoms with Crippen molar-refractivity contribution in [2.75, 3.05) is 19.0 Å². The van der Waals surface area contributed by atoms with E-state index in [1.165, 1.54) is 7.11 Å². The average molecular weight is 313 g/mol. The SMILES string of the molecule is COC(=O)c1ccc(NCC(=O)OCc2ccccc2)c(C)c1. The topological polar surface area (TPSA) is 64.6 Å². The van der Waals surface area contributed by atoms with Crippen LogP contribution in [0.15, 0.2) is 48.5 Å². The van der Waals surface area contributed by atoms with Gasteiger partial charge in [-0.2, -0.15) is 0 Å². The normalized spacial score (nSPS) is 10.0. The molecule has 2 aromatic carbocycles. The fourth-order valence-corrected chi connectivity index (χ4v) is 2.06. The van der Waals surface area contributed by atoms with E-state index in [4.69, 9.17) is 4.74 Å². The fraction of sp³-hybridized carbons (Fsp3) is 0.222. The van der Waals surface area contributed by atoms with Gasteiger partial charge in [-0.15, -0.1) is 0 Å². The van der Waals surface area contributed by atoms with Crippen LogP contribution in [0, 0.1) is 6.92 Å². The third-order valence-electron chi connectivity index (χ3n) is 3.31. The second kappa shape index (κ2) is 7.98. The van der Waals surface area contributed by atoms with Crippen LogP contribution in [0.4, 0.5) is 5.69 Å². The molecule has 0 aromatic heterocycles. The Kier molecular flexibility index (Phi) is 5.74. The number of aryl methyl sites for hydroxylation is 1. The summed E-state index contributed by atoms with van der Waals surface area (Å²) in [4.78, 5) is 23.2. The van der Waals surface area contributed by atoms with Crippen LogP contribution in [0.5, 0.6) is 0 Å². The molecular formula is C18H19NO4. The highest BCUT2D eigenvalue weighted by Gasteiger charge is 2.09. The number of carbonyl (C=O) groups excluding carboxylic acids is 2. The first-order valence-electron chi connectivity index (χ1n) is 7.22. The van der Waals surface area contributed by atoms with Crippen LogP contribution in [0.25, 0.3) is 0 Å². The third kappa shape index (κ3) is 4.85. The van der Waals surface area contributed by atoms with Crippen molar-refractivity contribution in [1.29, 1.82) is 0 Å². The number of methoxy groups -OCH3 is 1. The lowest BCUT2D eigenvalue weighted by molar-refractivity contribution is -0.142. The van der Waals surface area contributed by atoms with Crippen LogP contribution < -0.4 is 5.32 Å². The molecule has 120 valence electrons. The average Bonchev–Trinajstić information content (AvgIpc) is 2.59. The first kappa shape index (κ1) is 16.5. The monoisotopic (exact) mass is 313 g/mol. The van der Waals surface area contributed by atoms with E-state index in [0.717, 1.165) is 16.8 Å². The van der Waals surface area contributed by atoms with Crippen LogP contribution in [0.3, 0.4) is 0 Å². The molecule has 0 radical (unpaired) electrons. The van der Waals surface area contributed by atoms with Crippen molar-refractivity contribution >= 4 is 17.6 Å². The molecule has 2 aromatic rings. The Balaban J connectivity index is 1.85. The van der Waals surface area contributed by atoms with Gasteiger partial charge in [0, 0.05) is 5.69 Å². The number of rotatable bonds is 6. The maximum Gasteiger partial charge on any atom is 0.337 e. The van der Waals surface area contributed by atoms with Crippen molar-refractivity contribution in [2.24, 2.45) is 0 Å². The smallest absolute Gasteiger partial charge is 0.337 e. The Labute approximate surface area is 135 Å². The van der Waals surface area contributed by atoms with Crippen LogP contribution in [-0.2, 0) is 20.9 Å². The first-order chi connectivity index (χ1) is 11.1. The number of benzene rings is 2. The highest BCUT2D eigenvalue weighted by Crippen LogP contribution is 2.17. The predicted molar refractivity (Wildman–Crippen MR) is 87.2 cm³/mol. The van der Waals surface area contributed by atoms with Gasteiger partial charge in [-0.3, -0.25) is 4.79 Å². The molecule has 0 atom stereocenters. The number of hydrogen-bond donors (Lipinski definition) is 1. The highest BCUT2D eigenvalue weighted by molar-refractivity contribution is 5.90. The number of hydrogen-bond acceptors (Lipinski definition) is 5. The number of nitrogens with one attached hydrogen (secondary N) is 1. The summed E-state index contributed by atoms with van der Waals surface area (Å²) in [6.45, 7) is 2.16. The zero-order valence-corrected chi connectivity index (χ0v) is 13.2. The van der Waals surface area contributed by atoms with E-state index in [2.05, 4.69) is 10.1 Å². The molecule has 0 aliphatic carbocycles. The zero-order chi connectivity index (χ0) is 16.7. The molecule has 0 unspecified atom stereocenters. The molecule has 0 aliphatic heterocycles. The van der Waals surface area contributed by atoms with Gasteiger partial charge in [0.25, 0.3) is 0 Å². The lowest BCUT2D eigenvalue weighted by Gasteiger charge is -2.10. The van der Waals surface area contributed by atoms with E-state index in [1.807, 2.05) is 37.3 Å². The van der Waals surface area contributed by atoms with Gasteiger partial charge in [0.2, 0.25) is 0 Å². The molecule has 0 heterocycles. The Bertz CT molecular complexity index is 683. The summed E-state index contributed by atoms with van der Waals surface area (Å²) in [5.74, 6) is -0.729. The molecule has 1 N–H and O–H groups in total. The molecular weight excluding hydrogens is 294 g/mol. The van der Waals surface area contributed by atoms with E-state index in [0.29, 0.717) is 5.56 Å². The number of esters is 2. The van der Waals surface area contributed by atoms with Crippen molar-refractivity contribution in [2.45, 2.75) is 13.5 Å². The molecule has 5 heteroatoms. The predicted octanol–water partition coefficient (Wildman–Crippen LogP) is 2.94. The lowest BCUT2D eigenvalue weighted by Crippen LogP contribution is -2.17. The van der Waals surface area contributed by atoms with Gasteiger partial charge >= 0.3 is 11.9 Å². The Morgan fingerprint density at radius 3 is 2.48 bits per heavy atom. The van der Waals surface area contributed by atoms with Crippen LogP contribution in [0.1, 0.15) is 21.5 Å². The van der Waals surface area contributed by atoms with Crippen LogP contribution in [-0.4, -0.2) is 25.6 Å². The molecule has 0 amide bonds. The highest BCUT2D eigenvalue weighted by atomic mass is 16.5. The Morgan fingerprint density at radius 2 is 1.83 bits per heavy atom. The molecule has 2 rings (SSSR count). The molecule has 0 spiro atoms. The fourth-order valence-electron chi connectivity index (χ4n) is 2.06. The van der Waals surface area contributed by atoms with Gasteiger partial charge in [0.1, 0.15) is 13.2 Å². The van der Waals surface area contributed by atoms with E-state index in [-0.39, 0.29) is 25.1 Å². The minimum absolute atomic E-state index is 0.0608. The largest absolute Gasteiger partial charge is 0.465 e. The summed E-state index contributed by atoms with van der Waals surface area (Å²) in [6, 6.07) is 14.6. The second-order valence-electron chi connectivity index (χ2n) is 5.02. The minimum Gasteiger partial charge on any atom is -0.465 e. The first-order valence-corrected chi connectivity index (χ1v) is 7.22.